The molecule has 0 aliphatic rings. The van der Waals surface area contributed by atoms with E-state index in [0.29, 0.717) is 18.0 Å². The molecule has 0 bridgehead atoms. The predicted octanol–water partition coefficient (Wildman–Crippen LogP) is -0.153. The molecule has 0 radical (unpaired) electrons. The number of rotatable bonds is 4. The van der Waals surface area contributed by atoms with E-state index in [1.54, 1.807) is 18.2 Å². The number of carboxylic acids is 1. The number of aryl methyl sites for hydroxylation is 1. The molecule has 0 aliphatic carbocycles. The third kappa shape index (κ3) is 3.76. The largest absolute Gasteiger partial charge is 1.00 e. The Morgan fingerprint density at radius 3 is 2.48 bits per heavy atom. The molecule has 1 heterocycles. The molecule has 1 N–H and O–H groups in total. The Kier molecular flexibility index (Phi) is 5.15. The van der Waals surface area contributed by atoms with E-state index in [9.17, 15) is 9.18 Å². The number of nitrogens with zero attached hydrogens (tertiary/aromatic N) is 1. The van der Waals surface area contributed by atoms with Gasteiger partial charge in [0.15, 0.2) is 6.54 Å². The Morgan fingerprint density at radius 1 is 1.17 bits per heavy atom. The van der Waals surface area contributed by atoms with Gasteiger partial charge in [-0.2, -0.15) is 4.57 Å². The molecule has 4 nitrogen and oxygen atoms in total. The normalized spacial score (nSPS) is 10.5. The number of halogens is 2. The third-order valence-electron chi connectivity index (χ3n) is 3.57. The Morgan fingerprint density at radius 2 is 1.83 bits per heavy atom. The van der Waals surface area contributed by atoms with Gasteiger partial charge in [0.05, 0.1) is 13.3 Å². The molecule has 3 rings (SSSR count). The lowest BCUT2D eigenvalue weighted by Gasteiger charge is -2.00. The van der Waals surface area contributed by atoms with Crippen molar-refractivity contribution >= 4 is 17.1 Å². The lowest BCUT2D eigenvalue weighted by Crippen LogP contribution is -3.00. The molecule has 0 atom stereocenters. The van der Waals surface area contributed by atoms with Gasteiger partial charge in [0.2, 0.25) is 5.58 Å². The van der Waals surface area contributed by atoms with Gasteiger partial charge in [0.1, 0.15) is 5.82 Å². The molecular formula is C17H15BrFNO3. The maximum absolute atomic E-state index is 13.2. The summed E-state index contributed by atoms with van der Waals surface area (Å²) >= 11 is 0. The highest BCUT2D eigenvalue weighted by Crippen LogP contribution is 2.16. The van der Waals surface area contributed by atoms with Gasteiger partial charge in [-0.15, -0.1) is 0 Å². The second-order valence-corrected chi connectivity index (χ2v) is 5.21. The Hall–Kier alpha value is -2.21. The summed E-state index contributed by atoms with van der Waals surface area (Å²) in [7, 11) is 0. The number of aliphatic carboxylic acids is 1. The molecule has 120 valence electrons. The topological polar surface area (TPSA) is 54.3 Å². The molecule has 6 heteroatoms. The number of fused-ring (bicyclic) bond motifs is 1. The van der Waals surface area contributed by atoms with E-state index in [-0.39, 0.29) is 29.2 Å². The molecule has 0 saturated heterocycles. The standard InChI is InChI=1S/C17H14FNO3.BrH/c1-11-19(15-7-6-14(18)9-16(15)22-11)10-13-4-2-12(3-5-13)8-17(20)21;/h2-7,9H,8,10H2,1H3;1H. The van der Waals surface area contributed by atoms with Crippen LogP contribution in [0.2, 0.25) is 0 Å². The number of aromatic nitrogens is 1. The average molecular weight is 380 g/mol. The number of hydrogen-bond donors (Lipinski definition) is 1. The van der Waals surface area contributed by atoms with Crippen molar-refractivity contribution < 1.29 is 40.3 Å². The number of oxazole rings is 1. The van der Waals surface area contributed by atoms with Crippen LogP contribution in [0.1, 0.15) is 17.0 Å². The van der Waals surface area contributed by atoms with Gasteiger partial charge in [-0.3, -0.25) is 4.79 Å². The first-order valence-electron chi connectivity index (χ1n) is 6.91. The van der Waals surface area contributed by atoms with Gasteiger partial charge < -0.3 is 26.5 Å². The van der Waals surface area contributed by atoms with Crippen LogP contribution in [0.3, 0.4) is 0 Å². The van der Waals surface area contributed by atoms with Crippen LogP contribution in [0, 0.1) is 12.7 Å². The minimum absolute atomic E-state index is 0. The summed E-state index contributed by atoms with van der Waals surface area (Å²) in [5, 5.41) is 8.77. The summed E-state index contributed by atoms with van der Waals surface area (Å²) in [5.74, 6) is -0.484. The second-order valence-electron chi connectivity index (χ2n) is 5.21. The van der Waals surface area contributed by atoms with Crippen LogP contribution < -0.4 is 21.5 Å². The molecule has 0 spiro atoms. The van der Waals surface area contributed by atoms with Crippen LogP contribution in [0.4, 0.5) is 4.39 Å². The summed E-state index contributed by atoms with van der Waals surface area (Å²) in [5.41, 5.74) is 3.12. The molecular weight excluding hydrogens is 365 g/mol. The van der Waals surface area contributed by atoms with E-state index in [1.807, 2.05) is 23.6 Å². The van der Waals surface area contributed by atoms with Gasteiger partial charge in [0, 0.05) is 17.7 Å². The minimum Gasteiger partial charge on any atom is -1.00 e. The molecule has 0 saturated carbocycles. The zero-order valence-electron chi connectivity index (χ0n) is 12.4. The van der Waals surface area contributed by atoms with Gasteiger partial charge in [-0.25, -0.2) is 4.39 Å². The van der Waals surface area contributed by atoms with E-state index in [4.69, 9.17) is 9.52 Å². The third-order valence-corrected chi connectivity index (χ3v) is 3.57. The number of benzene rings is 2. The maximum atomic E-state index is 13.2. The van der Waals surface area contributed by atoms with Crippen molar-refractivity contribution in [1.82, 2.24) is 0 Å². The summed E-state index contributed by atoms with van der Waals surface area (Å²) in [6, 6.07) is 11.9. The van der Waals surface area contributed by atoms with E-state index in [0.717, 1.165) is 16.6 Å². The summed E-state index contributed by atoms with van der Waals surface area (Å²) in [4.78, 5) is 10.7. The van der Waals surface area contributed by atoms with Crippen molar-refractivity contribution in [2.45, 2.75) is 19.9 Å². The first kappa shape index (κ1) is 17.1. The zero-order chi connectivity index (χ0) is 15.7. The van der Waals surface area contributed by atoms with Crippen LogP contribution in [0.15, 0.2) is 46.9 Å². The van der Waals surface area contributed by atoms with Crippen molar-refractivity contribution in [3.63, 3.8) is 0 Å². The second kappa shape index (κ2) is 6.91. The number of carbonyl (C=O) groups is 1. The van der Waals surface area contributed by atoms with Crippen molar-refractivity contribution in [2.24, 2.45) is 0 Å². The Bertz CT molecular complexity index is 843. The fraction of sp³-hybridized carbons (Fsp3) is 0.176. The van der Waals surface area contributed by atoms with Gasteiger partial charge in [-0.05, 0) is 11.6 Å². The lowest BCUT2D eigenvalue weighted by atomic mass is 10.1. The molecule has 2 aromatic carbocycles. The lowest BCUT2D eigenvalue weighted by molar-refractivity contribution is -0.674. The van der Waals surface area contributed by atoms with E-state index >= 15 is 0 Å². The van der Waals surface area contributed by atoms with Crippen LogP contribution in [0.25, 0.3) is 11.1 Å². The van der Waals surface area contributed by atoms with Gasteiger partial charge in [-0.1, -0.05) is 24.3 Å². The fourth-order valence-corrected chi connectivity index (χ4v) is 2.49. The highest BCUT2D eigenvalue weighted by molar-refractivity contribution is 5.70. The molecule has 3 aromatic rings. The van der Waals surface area contributed by atoms with E-state index in [1.165, 1.54) is 12.1 Å². The number of hydrogen-bond acceptors (Lipinski definition) is 2. The van der Waals surface area contributed by atoms with Gasteiger partial charge >= 0.3 is 11.9 Å². The number of carboxylic acid groups (broad SMARTS) is 1. The van der Waals surface area contributed by atoms with Crippen LogP contribution in [-0.4, -0.2) is 11.1 Å². The summed E-state index contributed by atoms with van der Waals surface area (Å²) < 4.78 is 20.8. The molecule has 1 aromatic heterocycles. The van der Waals surface area contributed by atoms with Crippen LogP contribution >= 0.6 is 0 Å². The van der Waals surface area contributed by atoms with Crippen LogP contribution in [-0.2, 0) is 17.8 Å². The van der Waals surface area contributed by atoms with E-state index < -0.39 is 5.97 Å². The first-order chi connectivity index (χ1) is 10.5. The van der Waals surface area contributed by atoms with E-state index in [2.05, 4.69) is 0 Å². The minimum atomic E-state index is -0.846. The van der Waals surface area contributed by atoms with Crippen molar-refractivity contribution in [3.05, 3.63) is 65.3 Å². The Balaban J connectivity index is 0.00000192. The zero-order valence-corrected chi connectivity index (χ0v) is 14.0. The predicted molar refractivity (Wildman–Crippen MR) is 78.0 cm³/mol. The molecule has 0 fully saturated rings. The van der Waals surface area contributed by atoms with Crippen molar-refractivity contribution in [2.75, 3.05) is 0 Å². The monoisotopic (exact) mass is 379 g/mol. The highest BCUT2D eigenvalue weighted by atomic mass is 79.9. The molecule has 0 amide bonds. The quantitative estimate of drug-likeness (QED) is 0.641. The van der Waals surface area contributed by atoms with Crippen molar-refractivity contribution in [1.29, 1.82) is 0 Å². The Labute approximate surface area is 142 Å². The van der Waals surface area contributed by atoms with Crippen molar-refractivity contribution in [3.8, 4) is 0 Å². The first-order valence-corrected chi connectivity index (χ1v) is 6.91. The fourth-order valence-electron chi connectivity index (χ4n) is 2.49. The molecule has 0 unspecified atom stereocenters. The summed E-state index contributed by atoms with van der Waals surface area (Å²) in [6.07, 6.45) is 0.0143. The molecule has 0 aliphatic heterocycles. The van der Waals surface area contributed by atoms with Crippen LogP contribution in [0.5, 0.6) is 0 Å². The molecule has 23 heavy (non-hydrogen) atoms. The summed E-state index contributed by atoms with van der Waals surface area (Å²) in [6.45, 7) is 2.41. The maximum Gasteiger partial charge on any atom is 0.345 e. The SMILES string of the molecule is Cc1oc2cc(F)ccc2[n+]1Cc1ccc(CC(=O)O)cc1.[Br-]. The highest BCUT2D eigenvalue weighted by Gasteiger charge is 2.19. The smallest absolute Gasteiger partial charge is 0.345 e. The average Bonchev–Trinajstić information content (AvgIpc) is 2.75. The van der Waals surface area contributed by atoms with Gasteiger partial charge in [0.25, 0.3) is 5.52 Å².